The van der Waals surface area contributed by atoms with Crippen molar-refractivity contribution in [1.82, 2.24) is 44.9 Å². The summed E-state index contributed by atoms with van der Waals surface area (Å²) in [6.07, 6.45) is 10.3. The Morgan fingerprint density at radius 1 is 1.12 bits per heavy atom. The average molecular weight is 649 g/mol. The number of amides is 1. The highest BCUT2D eigenvalue weighted by Crippen LogP contribution is 2.31. The van der Waals surface area contributed by atoms with Crippen LogP contribution in [0, 0.1) is 0 Å². The van der Waals surface area contributed by atoms with Crippen molar-refractivity contribution >= 4 is 35.4 Å². The fourth-order valence-corrected chi connectivity index (χ4v) is 5.25. The van der Waals surface area contributed by atoms with Gasteiger partial charge in [0.25, 0.3) is 11.5 Å². The zero-order valence-corrected chi connectivity index (χ0v) is 26.3. The van der Waals surface area contributed by atoms with Crippen molar-refractivity contribution in [3.63, 3.8) is 0 Å². The van der Waals surface area contributed by atoms with Crippen LogP contribution in [0.2, 0.25) is 0 Å². The first kappa shape index (κ1) is 31.9. The van der Waals surface area contributed by atoms with Crippen LogP contribution in [0.15, 0.2) is 84.1 Å². The predicted molar refractivity (Wildman–Crippen MR) is 183 cm³/mol. The fraction of sp³-hybridized carbons (Fsp3) is 0.242. The van der Waals surface area contributed by atoms with Crippen molar-refractivity contribution in [2.45, 2.75) is 25.4 Å². The largest absolute Gasteiger partial charge is 0.490 e. The predicted octanol–water partition coefficient (Wildman–Crippen LogP) is 2.60. The third-order valence-electron chi connectivity index (χ3n) is 7.56. The first-order valence-electron chi connectivity index (χ1n) is 15.5. The summed E-state index contributed by atoms with van der Waals surface area (Å²) in [6.45, 7) is 2.14. The highest BCUT2D eigenvalue weighted by Gasteiger charge is 2.23. The number of nitrogens with zero attached hydrogens (tertiary/aromatic N) is 7. The normalized spacial score (nSPS) is 14.5. The Morgan fingerprint density at radius 2 is 2.00 bits per heavy atom. The lowest BCUT2D eigenvalue weighted by Gasteiger charge is -2.25. The molecular formula is C33H36N12O3. The first-order valence-corrected chi connectivity index (χ1v) is 15.5. The number of methoxy groups -OCH3 is 1. The molecule has 246 valence electrons. The molecule has 48 heavy (non-hydrogen) atoms. The van der Waals surface area contributed by atoms with E-state index in [1.54, 1.807) is 42.9 Å². The van der Waals surface area contributed by atoms with E-state index in [0.29, 0.717) is 23.9 Å². The summed E-state index contributed by atoms with van der Waals surface area (Å²) < 4.78 is 8.65. The van der Waals surface area contributed by atoms with E-state index in [0.717, 1.165) is 37.2 Å². The average Bonchev–Trinajstić information content (AvgIpc) is 3.47. The van der Waals surface area contributed by atoms with Crippen molar-refractivity contribution in [3.05, 3.63) is 107 Å². The molecule has 0 aliphatic carbocycles. The van der Waals surface area contributed by atoms with Crippen LogP contribution in [0.3, 0.4) is 0 Å². The lowest BCUT2D eigenvalue weighted by Crippen LogP contribution is -2.38. The minimum absolute atomic E-state index is 0.0342. The highest BCUT2D eigenvalue weighted by molar-refractivity contribution is 5.93. The summed E-state index contributed by atoms with van der Waals surface area (Å²) in [7, 11) is 1.53. The number of nitrogens with one attached hydrogen (secondary N) is 4. The zero-order chi connectivity index (χ0) is 33.3. The monoisotopic (exact) mass is 648 g/mol. The van der Waals surface area contributed by atoms with Crippen molar-refractivity contribution in [3.8, 4) is 11.6 Å². The van der Waals surface area contributed by atoms with Gasteiger partial charge in [0.1, 0.15) is 5.56 Å². The number of anilines is 4. The molecule has 1 fully saturated rings. The van der Waals surface area contributed by atoms with Crippen LogP contribution >= 0.6 is 0 Å². The summed E-state index contributed by atoms with van der Waals surface area (Å²) in [6, 6.07) is 16.4. The molecule has 6 N–H and O–H groups in total. The van der Waals surface area contributed by atoms with Crippen LogP contribution in [-0.2, 0) is 6.54 Å². The number of nitrogens with two attached hydrogens (primary N) is 1. The Bertz CT molecular complexity index is 1940. The molecule has 0 spiro atoms. The minimum atomic E-state index is -0.498. The topological polar surface area (TPSA) is 192 Å². The lowest BCUT2D eigenvalue weighted by molar-refractivity contribution is 0.0956. The zero-order valence-electron chi connectivity index (χ0n) is 26.3. The third-order valence-corrected chi connectivity index (χ3v) is 7.56. The fourth-order valence-electron chi connectivity index (χ4n) is 5.25. The number of pyridine rings is 2. The van der Waals surface area contributed by atoms with Crippen LogP contribution < -0.4 is 37.3 Å². The molecular weight excluding hydrogens is 612 g/mol. The molecule has 1 atom stereocenters. The van der Waals surface area contributed by atoms with E-state index < -0.39 is 11.5 Å². The van der Waals surface area contributed by atoms with Crippen molar-refractivity contribution in [2.24, 2.45) is 0 Å². The Labute approximate surface area is 276 Å². The van der Waals surface area contributed by atoms with E-state index in [1.165, 1.54) is 22.4 Å². The molecule has 1 aromatic carbocycles. The van der Waals surface area contributed by atoms with Crippen molar-refractivity contribution < 1.29 is 9.53 Å². The smallest absolute Gasteiger partial charge is 0.263 e. The summed E-state index contributed by atoms with van der Waals surface area (Å²) >= 11 is 0. The van der Waals surface area contributed by atoms with Crippen molar-refractivity contribution in [1.29, 1.82) is 0 Å². The Morgan fingerprint density at radius 3 is 2.77 bits per heavy atom. The second kappa shape index (κ2) is 15.0. The maximum absolute atomic E-state index is 13.0. The maximum Gasteiger partial charge on any atom is 0.263 e. The maximum atomic E-state index is 13.0. The van der Waals surface area contributed by atoms with E-state index in [-0.39, 0.29) is 35.9 Å². The summed E-state index contributed by atoms with van der Waals surface area (Å²) in [5.41, 5.74) is 7.60. The van der Waals surface area contributed by atoms with Gasteiger partial charge in [-0.15, -0.1) is 5.10 Å². The van der Waals surface area contributed by atoms with Gasteiger partial charge in [-0.25, -0.2) is 9.97 Å². The Kier molecular flexibility index (Phi) is 9.96. The molecule has 0 bridgehead atoms. The summed E-state index contributed by atoms with van der Waals surface area (Å²) in [5, 5.41) is 17.3. The van der Waals surface area contributed by atoms with Crippen LogP contribution in [0.4, 0.5) is 23.4 Å². The second-order valence-electron chi connectivity index (χ2n) is 11.0. The van der Waals surface area contributed by atoms with Gasteiger partial charge in [0.15, 0.2) is 11.6 Å². The van der Waals surface area contributed by atoms with Gasteiger partial charge in [-0.1, -0.05) is 30.3 Å². The van der Waals surface area contributed by atoms with E-state index in [9.17, 15) is 9.59 Å². The minimum Gasteiger partial charge on any atom is -0.490 e. The molecule has 4 aromatic heterocycles. The van der Waals surface area contributed by atoms with Gasteiger partial charge < -0.3 is 36.3 Å². The summed E-state index contributed by atoms with van der Waals surface area (Å²) in [5.74, 6) is 1.29. The molecule has 0 radical (unpaired) electrons. The number of carbonyl (C=O) groups excluding carboxylic acids is 1. The van der Waals surface area contributed by atoms with Crippen LogP contribution in [-0.4, -0.2) is 73.0 Å². The molecule has 1 aliphatic heterocycles. The molecule has 0 saturated carbocycles. The molecule has 1 unspecified atom stereocenters. The first-order chi connectivity index (χ1) is 23.5. The third kappa shape index (κ3) is 7.64. The highest BCUT2D eigenvalue weighted by atomic mass is 16.5. The number of rotatable bonds is 12. The number of hydrogen-bond acceptors (Lipinski definition) is 12. The van der Waals surface area contributed by atoms with Gasteiger partial charge in [0.05, 0.1) is 13.7 Å². The summed E-state index contributed by atoms with van der Waals surface area (Å²) in [4.78, 5) is 43.9. The standard InChI is InChI=1S/C33H36N12O3/c1-48-27-28(38-24-12-6-16-36-20-24)40-26(41-29(27)45-32(34)42-33(43-45)39-23-10-3-2-4-11-23)14-7-17-37-30(46)25-13-8-18-44(31(25)47)21-22-9-5-15-35-19-22/h2-5,7-11,13-15,18-19,24,36H,6,12,16-17,20-21H2,1H3,(H,37,46)(H,38,40,41)(H3,34,39,42,43)/b14-7+. The van der Waals surface area contributed by atoms with E-state index in [2.05, 4.69) is 36.3 Å². The van der Waals surface area contributed by atoms with E-state index in [1.807, 2.05) is 36.4 Å². The number of carbonyl (C=O) groups is 1. The number of ether oxygens (including phenoxy) is 1. The number of aromatic nitrogens is 7. The second-order valence-corrected chi connectivity index (χ2v) is 11.0. The molecule has 5 aromatic rings. The molecule has 15 nitrogen and oxygen atoms in total. The van der Waals surface area contributed by atoms with Crippen LogP contribution in [0.25, 0.3) is 11.9 Å². The van der Waals surface area contributed by atoms with Gasteiger partial charge in [0.2, 0.25) is 23.5 Å². The molecule has 1 amide bonds. The Balaban J connectivity index is 1.23. The molecule has 1 aliphatic rings. The molecule has 15 heteroatoms. The van der Waals surface area contributed by atoms with Gasteiger partial charge in [0, 0.05) is 43.4 Å². The van der Waals surface area contributed by atoms with Crippen molar-refractivity contribution in [2.75, 3.05) is 43.1 Å². The van der Waals surface area contributed by atoms with Gasteiger partial charge in [-0.2, -0.15) is 9.67 Å². The number of para-hydroxylation sites is 1. The van der Waals surface area contributed by atoms with Gasteiger partial charge >= 0.3 is 0 Å². The van der Waals surface area contributed by atoms with Gasteiger partial charge in [-0.3, -0.25) is 14.6 Å². The van der Waals surface area contributed by atoms with E-state index >= 15 is 0 Å². The lowest BCUT2D eigenvalue weighted by atomic mass is 10.1. The number of benzene rings is 1. The number of nitrogen functional groups attached to an aromatic ring is 1. The van der Waals surface area contributed by atoms with Gasteiger partial charge in [-0.05, 0) is 61.4 Å². The van der Waals surface area contributed by atoms with Crippen LogP contribution in [0.5, 0.6) is 5.75 Å². The number of piperidine rings is 1. The molecule has 1 saturated heterocycles. The van der Waals surface area contributed by atoms with Crippen LogP contribution in [0.1, 0.15) is 34.6 Å². The quantitative estimate of drug-likeness (QED) is 0.133. The number of hydrogen-bond donors (Lipinski definition) is 5. The molecule has 6 rings (SSSR count). The molecule has 5 heterocycles. The van der Waals surface area contributed by atoms with E-state index in [4.69, 9.17) is 20.4 Å². The SMILES string of the molecule is COc1c(NC2CCCNC2)nc(/C=C/CNC(=O)c2cccn(Cc3cccnc3)c2=O)nc1-n1nc(Nc2ccccc2)nc1N. The Hall–Kier alpha value is -6.09.